The van der Waals surface area contributed by atoms with Crippen molar-refractivity contribution in [3.05, 3.63) is 65.7 Å². The molecule has 1 atom stereocenters. The molecule has 3 heteroatoms. The molecule has 22 heavy (non-hydrogen) atoms. The summed E-state index contributed by atoms with van der Waals surface area (Å²) >= 11 is 0. The normalized spacial score (nSPS) is 16.4. The molecular formula is C19H19NO2. The first-order valence-corrected chi connectivity index (χ1v) is 7.65. The van der Waals surface area contributed by atoms with Gasteiger partial charge in [0.1, 0.15) is 0 Å². The molecule has 0 saturated carbocycles. The Hall–Kier alpha value is -2.42. The van der Waals surface area contributed by atoms with Gasteiger partial charge in [0.15, 0.2) is 5.78 Å². The van der Waals surface area contributed by atoms with Crippen LogP contribution in [-0.4, -0.2) is 17.7 Å². The Labute approximate surface area is 130 Å². The molecule has 0 N–H and O–H groups in total. The molecule has 0 spiro atoms. The molecular weight excluding hydrogens is 274 g/mol. The fraction of sp³-hybridized carbons (Fsp3) is 0.263. The average molecular weight is 293 g/mol. The highest BCUT2D eigenvalue weighted by atomic mass is 16.2. The number of anilines is 1. The molecule has 2 aromatic rings. The fourth-order valence-electron chi connectivity index (χ4n) is 3.05. The molecule has 0 aromatic heterocycles. The van der Waals surface area contributed by atoms with Crippen LogP contribution in [-0.2, 0) is 11.2 Å². The lowest BCUT2D eigenvalue weighted by molar-refractivity contribution is -0.118. The number of amides is 1. The zero-order chi connectivity index (χ0) is 15.5. The van der Waals surface area contributed by atoms with E-state index in [1.54, 1.807) is 12.1 Å². The molecule has 3 rings (SSSR count). The molecule has 0 radical (unpaired) electrons. The van der Waals surface area contributed by atoms with Gasteiger partial charge in [-0.05, 0) is 25.0 Å². The van der Waals surface area contributed by atoms with E-state index in [1.807, 2.05) is 41.3 Å². The minimum atomic E-state index is 0.0223. The number of carbonyl (C=O) groups excluding carboxylic acids is 2. The lowest BCUT2D eigenvalue weighted by Gasteiger charge is -2.22. The van der Waals surface area contributed by atoms with Crippen LogP contribution in [0.3, 0.4) is 0 Å². The zero-order valence-corrected chi connectivity index (χ0v) is 12.7. The molecule has 0 fully saturated rings. The largest absolute Gasteiger partial charge is 0.309 e. The first-order chi connectivity index (χ1) is 10.7. The number of rotatable bonds is 4. The van der Waals surface area contributed by atoms with Crippen molar-refractivity contribution in [2.45, 2.75) is 32.2 Å². The predicted octanol–water partition coefficient (Wildman–Crippen LogP) is 3.63. The third-order valence-electron chi connectivity index (χ3n) is 4.14. The van der Waals surface area contributed by atoms with Crippen molar-refractivity contribution in [2.24, 2.45) is 0 Å². The lowest BCUT2D eigenvalue weighted by atomic mass is 10.1. The van der Waals surface area contributed by atoms with E-state index in [0.717, 1.165) is 12.1 Å². The number of hydrogen-bond acceptors (Lipinski definition) is 2. The Bertz CT molecular complexity index is 694. The number of fused-ring (bicyclic) bond motifs is 1. The van der Waals surface area contributed by atoms with Crippen LogP contribution in [0.1, 0.15) is 35.7 Å². The number of carbonyl (C=O) groups is 2. The highest BCUT2D eigenvalue weighted by molar-refractivity contribution is 6.01. The van der Waals surface area contributed by atoms with Crippen LogP contribution < -0.4 is 4.90 Å². The van der Waals surface area contributed by atoms with Gasteiger partial charge in [0.2, 0.25) is 5.91 Å². The summed E-state index contributed by atoms with van der Waals surface area (Å²) in [6, 6.07) is 17.3. The standard InChI is InChI=1S/C19H19NO2/c1-14-13-16-9-5-6-10-17(16)20(14)19(22)12-11-18(21)15-7-3-2-4-8-15/h2-10,14H,11-13H2,1H3. The first kappa shape index (κ1) is 14.5. The summed E-state index contributed by atoms with van der Waals surface area (Å²) in [5, 5.41) is 0. The number of Topliss-reactive ketones (excluding diaryl/α,β-unsaturated/α-hetero) is 1. The Morgan fingerprint density at radius 3 is 2.45 bits per heavy atom. The van der Waals surface area contributed by atoms with E-state index in [-0.39, 0.29) is 30.6 Å². The van der Waals surface area contributed by atoms with E-state index in [4.69, 9.17) is 0 Å². The van der Waals surface area contributed by atoms with Crippen molar-refractivity contribution < 1.29 is 9.59 Å². The van der Waals surface area contributed by atoms with Gasteiger partial charge in [-0.3, -0.25) is 9.59 Å². The SMILES string of the molecule is CC1Cc2ccccc2N1C(=O)CCC(=O)c1ccccc1. The Kier molecular flexibility index (Phi) is 4.05. The molecule has 1 unspecified atom stereocenters. The van der Waals surface area contributed by atoms with Crippen molar-refractivity contribution in [3.63, 3.8) is 0 Å². The quantitative estimate of drug-likeness (QED) is 0.807. The lowest BCUT2D eigenvalue weighted by Crippen LogP contribution is -2.35. The number of nitrogens with zero attached hydrogens (tertiary/aromatic N) is 1. The van der Waals surface area contributed by atoms with Crippen molar-refractivity contribution in [1.82, 2.24) is 0 Å². The molecule has 1 amide bonds. The van der Waals surface area contributed by atoms with Gasteiger partial charge in [0.05, 0.1) is 0 Å². The minimum absolute atomic E-state index is 0.0223. The summed E-state index contributed by atoms with van der Waals surface area (Å²) < 4.78 is 0. The summed E-state index contributed by atoms with van der Waals surface area (Å²) in [7, 11) is 0. The summed E-state index contributed by atoms with van der Waals surface area (Å²) in [5.74, 6) is 0.0517. The highest BCUT2D eigenvalue weighted by Crippen LogP contribution is 2.32. The second kappa shape index (κ2) is 6.14. The van der Waals surface area contributed by atoms with Crippen LogP contribution in [0.5, 0.6) is 0 Å². The van der Waals surface area contributed by atoms with E-state index in [1.165, 1.54) is 5.56 Å². The Morgan fingerprint density at radius 1 is 1.00 bits per heavy atom. The number of ketones is 1. The molecule has 1 aliphatic heterocycles. The van der Waals surface area contributed by atoms with Gasteiger partial charge < -0.3 is 4.90 Å². The smallest absolute Gasteiger partial charge is 0.227 e. The van der Waals surface area contributed by atoms with E-state index < -0.39 is 0 Å². The minimum Gasteiger partial charge on any atom is -0.309 e. The molecule has 2 aromatic carbocycles. The summed E-state index contributed by atoms with van der Waals surface area (Å²) in [6.07, 6.45) is 1.40. The van der Waals surface area contributed by atoms with E-state index >= 15 is 0 Å². The van der Waals surface area contributed by atoms with Gasteiger partial charge in [0, 0.05) is 30.1 Å². The first-order valence-electron chi connectivity index (χ1n) is 7.65. The molecule has 112 valence electrons. The Morgan fingerprint density at radius 2 is 1.68 bits per heavy atom. The van der Waals surface area contributed by atoms with Gasteiger partial charge in [-0.1, -0.05) is 48.5 Å². The molecule has 0 aliphatic carbocycles. The van der Waals surface area contributed by atoms with Gasteiger partial charge >= 0.3 is 0 Å². The van der Waals surface area contributed by atoms with E-state index in [2.05, 4.69) is 13.0 Å². The second-order valence-corrected chi connectivity index (χ2v) is 5.73. The van der Waals surface area contributed by atoms with E-state index in [9.17, 15) is 9.59 Å². The van der Waals surface area contributed by atoms with Crippen LogP contribution in [0.2, 0.25) is 0 Å². The topological polar surface area (TPSA) is 37.4 Å². The van der Waals surface area contributed by atoms with Crippen LogP contribution >= 0.6 is 0 Å². The van der Waals surface area contributed by atoms with Gasteiger partial charge in [-0.25, -0.2) is 0 Å². The maximum absolute atomic E-state index is 12.5. The highest BCUT2D eigenvalue weighted by Gasteiger charge is 2.30. The molecule has 3 nitrogen and oxygen atoms in total. The van der Waals surface area contributed by atoms with Crippen LogP contribution in [0, 0.1) is 0 Å². The summed E-state index contributed by atoms with van der Waals surface area (Å²) in [5.41, 5.74) is 2.87. The van der Waals surface area contributed by atoms with E-state index in [0.29, 0.717) is 5.56 Å². The predicted molar refractivity (Wildman–Crippen MR) is 87.1 cm³/mol. The number of benzene rings is 2. The van der Waals surface area contributed by atoms with Crippen molar-refractivity contribution in [3.8, 4) is 0 Å². The number of hydrogen-bond donors (Lipinski definition) is 0. The third-order valence-corrected chi connectivity index (χ3v) is 4.14. The maximum atomic E-state index is 12.5. The summed E-state index contributed by atoms with van der Waals surface area (Å²) in [4.78, 5) is 26.5. The molecule has 0 bridgehead atoms. The number of para-hydroxylation sites is 1. The van der Waals surface area contributed by atoms with Gasteiger partial charge in [0.25, 0.3) is 0 Å². The fourth-order valence-corrected chi connectivity index (χ4v) is 3.05. The van der Waals surface area contributed by atoms with Gasteiger partial charge in [-0.2, -0.15) is 0 Å². The van der Waals surface area contributed by atoms with Crippen LogP contribution in [0.15, 0.2) is 54.6 Å². The van der Waals surface area contributed by atoms with Crippen LogP contribution in [0.4, 0.5) is 5.69 Å². The van der Waals surface area contributed by atoms with Crippen molar-refractivity contribution >= 4 is 17.4 Å². The van der Waals surface area contributed by atoms with Crippen LogP contribution in [0.25, 0.3) is 0 Å². The Balaban J connectivity index is 1.67. The molecule has 1 aliphatic rings. The van der Waals surface area contributed by atoms with Gasteiger partial charge in [-0.15, -0.1) is 0 Å². The van der Waals surface area contributed by atoms with Crippen molar-refractivity contribution in [2.75, 3.05) is 4.90 Å². The molecule has 0 saturated heterocycles. The van der Waals surface area contributed by atoms with Crippen molar-refractivity contribution in [1.29, 1.82) is 0 Å². The molecule has 1 heterocycles. The summed E-state index contributed by atoms with van der Waals surface area (Å²) in [6.45, 7) is 2.05. The average Bonchev–Trinajstić information content (AvgIpc) is 2.89. The second-order valence-electron chi connectivity index (χ2n) is 5.73. The monoisotopic (exact) mass is 293 g/mol. The maximum Gasteiger partial charge on any atom is 0.227 e. The third kappa shape index (κ3) is 2.80. The zero-order valence-electron chi connectivity index (χ0n) is 12.7.